The van der Waals surface area contributed by atoms with Crippen LogP contribution >= 0.6 is 0 Å². The van der Waals surface area contributed by atoms with E-state index in [4.69, 9.17) is 4.74 Å². The predicted molar refractivity (Wildman–Crippen MR) is 52.7 cm³/mol. The standard InChI is InChI=1S/C10H18N2O2/c1-8-10(13)12(7-11-8)4-5-14-6-9-2-3-9/h8-9,11H,2-7H2,1H3. The molecule has 0 aromatic carbocycles. The van der Waals surface area contributed by atoms with E-state index in [0.717, 1.165) is 19.1 Å². The van der Waals surface area contributed by atoms with E-state index < -0.39 is 0 Å². The molecule has 2 fully saturated rings. The number of carbonyl (C=O) groups is 1. The van der Waals surface area contributed by atoms with Crippen LogP contribution in [0.3, 0.4) is 0 Å². The van der Waals surface area contributed by atoms with Crippen LogP contribution in [0.5, 0.6) is 0 Å². The van der Waals surface area contributed by atoms with Gasteiger partial charge in [-0.1, -0.05) is 0 Å². The second kappa shape index (κ2) is 4.28. The normalized spacial score (nSPS) is 27.4. The summed E-state index contributed by atoms with van der Waals surface area (Å²) in [6.07, 6.45) is 2.64. The Bertz CT molecular complexity index is 216. The highest BCUT2D eigenvalue weighted by Gasteiger charge is 2.27. The molecule has 0 radical (unpaired) electrons. The van der Waals surface area contributed by atoms with Crippen LogP contribution in [0, 0.1) is 5.92 Å². The lowest BCUT2D eigenvalue weighted by Crippen LogP contribution is -2.31. The second-order valence-electron chi connectivity index (χ2n) is 4.20. The first-order valence-electron chi connectivity index (χ1n) is 5.37. The fourth-order valence-electron chi connectivity index (χ4n) is 1.58. The lowest BCUT2D eigenvalue weighted by Gasteiger charge is -2.14. The number of amides is 1. The maximum Gasteiger partial charge on any atom is 0.240 e. The molecule has 0 bridgehead atoms. The molecule has 1 aliphatic carbocycles. The van der Waals surface area contributed by atoms with Crippen LogP contribution in [0.2, 0.25) is 0 Å². The molecule has 1 amide bonds. The van der Waals surface area contributed by atoms with Gasteiger partial charge in [0.15, 0.2) is 0 Å². The van der Waals surface area contributed by atoms with Crippen molar-refractivity contribution in [3.63, 3.8) is 0 Å². The van der Waals surface area contributed by atoms with E-state index in [0.29, 0.717) is 13.3 Å². The summed E-state index contributed by atoms with van der Waals surface area (Å²) in [6, 6.07) is -0.0153. The highest BCUT2D eigenvalue weighted by molar-refractivity contribution is 5.83. The first-order chi connectivity index (χ1) is 6.77. The molecule has 0 spiro atoms. The van der Waals surface area contributed by atoms with E-state index in [1.165, 1.54) is 12.8 Å². The zero-order valence-corrected chi connectivity index (χ0v) is 8.66. The third-order valence-electron chi connectivity index (χ3n) is 2.83. The first kappa shape index (κ1) is 9.93. The van der Waals surface area contributed by atoms with Crippen LogP contribution in [0.25, 0.3) is 0 Å². The van der Waals surface area contributed by atoms with E-state index in [2.05, 4.69) is 5.32 Å². The molecule has 0 aromatic rings. The molecule has 1 saturated carbocycles. The predicted octanol–water partition coefficient (Wildman–Crippen LogP) is 0.191. The van der Waals surface area contributed by atoms with Gasteiger partial charge in [0, 0.05) is 13.2 Å². The molecular formula is C10H18N2O2. The Morgan fingerprint density at radius 1 is 1.57 bits per heavy atom. The molecule has 14 heavy (non-hydrogen) atoms. The van der Waals surface area contributed by atoms with Gasteiger partial charge in [-0.15, -0.1) is 0 Å². The van der Waals surface area contributed by atoms with Crippen molar-refractivity contribution >= 4 is 5.91 Å². The Hall–Kier alpha value is -0.610. The summed E-state index contributed by atoms with van der Waals surface area (Å²) in [4.78, 5) is 13.3. The lowest BCUT2D eigenvalue weighted by molar-refractivity contribution is -0.129. The Morgan fingerprint density at radius 3 is 2.93 bits per heavy atom. The van der Waals surface area contributed by atoms with Gasteiger partial charge in [0.25, 0.3) is 0 Å². The molecule has 0 aromatic heterocycles. The van der Waals surface area contributed by atoms with E-state index in [1.54, 1.807) is 0 Å². The molecule has 1 aliphatic heterocycles. The molecule has 1 unspecified atom stereocenters. The topological polar surface area (TPSA) is 41.6 Å². The van der Waals surface area contributed by atoms with E-state index in [1.807, 2.05) is 11.8 Å². The maximum absolute atomic E-state index is 11.5. The Morgan fingerprint density at radius 2 is 2.36 bits per heavy atom. The van der Waals surface area contributed by atoms with Crippen molar-refractivity contribution in [3.05, 3.63) is 0 Å². The van der Waals surface area contributed by atoms with Crippen LogP contribution in [0.15, 0.2) is 0 Å². The number of nitrogens with one attached hydrogen (secondary N) is 1. The summed E-state index contributed by atoms with van der Waals surface area (Å²) in [6.45, 7) is 4.85. The fraction of sp³-hybridized carbons (Fsp3) is 0.900. The Labute approximate surface area is 84.6 Å². The maximum atomic E-state index is 11.5. The van der Waals surface area contributed by atoms with Crippen LogP contribution < -0.4 is 5.32 Å². The highest BCUT2D eigenvalue weighted by Crippen LogP contribution is 2.28. The second-order valence-corrected chi connectivity index (χ2v) is 4.20. The van der Waals surface area contributed by atoms with Crippen molar-refractivity contribution in [2.75, 3.05) is 26.4 Å². The molecule has 2 aliphatic rings. The minimum absolute atomic E-state index is 0.0153. The van der Waals surface area contributed by atoms with Gasteiger partial charge < -0.3 is 9.64 Å². The summed E-state index contributed by atoms with van der Waals surface area (Å²) >= 11 is 0. The molecule has 1 saturated heterocycles. The van der Waals surface area contributed by atoms with Crippen molar-refractivity contribution in [2.24, 2.45) is 5.92 Å². The average molecular weight is 198 g/mol. The van der Waals surface area contributed by atoms with Gasteiger partial charge in [0.1, 0.15) is 0 Å². The largest absolute Gasteiger partial charge is 0.379 e. The molecule has 80 valence electrons. The van der Waals surface area contributed by atoms with E-state index in [9.17, 15) is 4.79 Å². The molecule has 1 N–H and O–H groups in total. The molecule has 4 heteroatoms. The van der Waals surface area contributed by atoms with E-state index >= 15 is 0 Å². The van der Waals surface area contributed by atoms with Crippen molar-refractivity contribution in [1.29, 1.82) is 0 Å². The number of hydrogen-bond donors (Lipinski definition) is 1. The van der Waals surface area contributed by atoms with Gasteiger partial charge in [0.2, 0.25) is 5.91 Å². The van der Waals surface area contributed by atoms with Gasteiger partial charge in [-0.25, -0.2) is 0 Å². The first-order valence-corrected chi connectivity index (χ1v) is 5.37. The van der Waals surface area contributed by atoms with Crippen LogP contribution in [-0.2, 0) is 9.53 Å². The fourth-order valence-corrected chi connectivity index (χ4v) is 1.58. The highest BCUT2D eigenvalue weighted by atomic mass is 16.5. The molecule has 2 rings (SSSR count). The molecule has 1 heterocycles. The van der Waals surface area contributed by atoms with E-state index in [-0.39, 0.29) is 11.9 Å². The number of hydrogen-bond acceptors (Lipinski definition) is 3. The van der Waals surface area contributed by atoms with Crippen LogP contribution in [-0.4, -0.2) is 43.3 Å². The molecular weight excluding hydrogens is 180 g/mol. The van der Waals surface area contributed by atoms with Crippen molar-refractivity contribution in [1.82, 2.24) is 10.2 Å². The monoisotopic (exact) mass is 198 g/mol. The summed E-state index contributed by atoms with van der Waals surface area (Å²) < 4.78 is 5.48. The van der Waals surface area contributed by atoms with Gasteiger partial charge >= 0.3 is 0 Å². The van der Waals surface area contributed by atoms with Gasteiger partial charge in [-0.2, -0.15) is 0 Å². The zero-order valence-electron chi connectivity index (χ0n) is 8.66. The lowest BCUT2D eigenvalue weighted by atomic mass is 10.3. The number of rotatable bonds is 5. The average Bonchev–Trinajstić information content (AvgIpc) is 2.94. The van der Waals surface area contributed by atoms with Crippen LogP contribution in [0.1, 0.15) is 19.8 Å². The molecule has 4 nitrogen and oxygen atoms in total. The minimum atomic E-state index is -0.0153. The third kappa shape index (κ3) is 2.45. The van der Waals surface area contributed by atoms with Gasteiger partial charge in [-0.05, 0) is 25.7 Å². The Kier molecular flexibility index (Phi) is 3.03. The zero-order chi connectivity index (χ0) is 9.97. The number of ether oxygens (including phenoxy) is 1. The summed E-state index contributed by atoms with van der Waals surface area (Å²) in [7, 11) is 0. The summed E-state index contributed by atoms with van der Waals surface area (Å²) in [5, 5.41) is 3.10. The smallest absolute Gasteiger partial charge is 0.240 e. The number of carbonyl (C=O) groups excluding carboxylic acids is 1. The van der Waals surface area contributed by atoms with Crippen molar-refractivity contribution in [3.8, 4) is 0 Å². The Balaban J connectivity index is 1.58. The van der Waals surface area contributed by atoms with Gasteiger partial charge in [0.05, 0.1) is 19.3 Å². The number of nitrogens with zero attached hydrogens (tertiary/aromatic N) is 1. The minimum Gasteiger partial charge on any atom is -0.379 e. The van der Waals surface area contributed by atoms with Crippen LogP contribution in [0.4, 0.5) is 0 Å². The van der Waals surface area contributed by atoms with Gasteiger partial charge in [-0.3, -0.25) is 10.1 Å². The summed E-state index contributed by atoms with van der Waals surface area (Å²) in [5.74, 6) is 1.00. The van der Waals surface area contributed by atoms with Crippen molar-refractivity contribution < 1.29 is 9.53 Å². The third-order valence-corrected chi connectivity index (χ3v) is 2.83. The molecule has 1 atom stereocenters. The SMILES string of the molecule is CC1NCN(CCOCC2CC2)C1=O. The quantitative estimate of drug-likeness (QED) is 0.641. The van der Waals surface area contributed by atoms with Crippen molar-refractivity contribution in [2.45, 2.75) is 25.8 Å². The summed E-state index contributed by atoms with van der Waals surface area (Å²) in [5.41, 5.74) is 0.